The van der Waals surface area contributed by atoms with Crippen molar-refractivity contribution in [1.82, 2.24) is 10.6 Å². The Morgan fingerprint density at radius 1 is 1.12 bits per heavy atom. The second kappa shape index (κ2) is 9.18. The van der Waals surface area contributed by atoms with Gasteiger partial charge in [0.15, 0.2) is 0 Å². The highest BCUT2D eigenvalue weighted by Crippen LogP contribution is 2.38. The summed E-state index contributed by atoms with van der Waals surface area (Å²) in [5, 5.41) is 5.70. The fourth-order valence-corrected chi connectivity index (χ4v) is 3.67. The lowest BCUT2D eigenvalue weighted by Crippen LogP contribution is -2.40. The largest absolute Gasteiger partial charge is 0.354 e. The first-order chi connectivity index (χ1) is 11.5. The molecule has 0 bridgehead atoms. The molecule has 0 atom stereocenters. The second-order valence-electron chi connectivity index (χ2n) is 6.56. The molecule has 5 nitrogen and oxygen atoms in total. The SMILES string of the molecule is NCC1(CC(=O)NCCNC(=O)c2cccc(Br)c2)CCCCC1. The summed E-state index contributed by atoms with van der Waals surface area (Å²) in [7, 11) is 0. The van der Waals surface area contributed by atoms with E-state index in [0.717, 1.165) is 30.2 Å². The Morgan fingerprint density at radius 2 is 1.83 bits per heavy atom. The van der Waals surface area contributed by atoms with Crippen LogP contribution in [0.25, 0.3) is 0 Å². The maximum atomic E-state index is 12.1. The third-order valence-corrected chi connectivity index (χ3v) is 5.20. The Bertz CT molecular complexity index is 571. The zero-order chi connectivity index (χ0) is 17.4. The minimum atomic E-state index is -0.142. The van der Waals surface area contributed by atoms with Crippen molar-refractivity contribution in [2.24, 2.45) is 11.1 Å². The van der Waals surface area contributed by atoms with Crippen molar-refractivity contribution in [3.63, 3.8) is 0 Å². The van der Waals surface area contributed by atoms with Crippen LogP contribution in [0, 0.1) is 5.41 Å². The molecular formula is C18H26BrN3O2. The number of nitrogens with two attached hydrogens (primary N) is 1. The fraction of sp³-hybridized carbons (Fsp3) is 0.556. The van der Waals surface area contributed by atoms with Gasteiger partial charge in [-0.3, -0.25) is 9.59 Å². The summed E-state index contributed by atoms with van der Waals surface area (Å²) in [6.45, 7) is 1.41. The zero-order valence-corrected chi connectivity index (χ0v) is 15.5. The van der Waals surface area contributed by atoms with Crippen LogP contribution >= 0.6 is 15.9 Å². The number of nitrogens with one attached hydrogen (secondary N) is 2. The van der Waals surface area contributed by atoms with Crippen LogP contribution in [0.15, 0.2) is 28.7 Å². The molecule has 1 aliphatic rings. The van der Waals surface area contributed by atoms with Crippen LogP contribution in [0.5, 0.6) is 0 Å². The van der Waals surface area contributed by atoms with Crippen LogP contribution in [0.4, 0.5) is 0 Å². The Hall–Kier alpha value is -1.40. The monoisotopic (exact) mass is 395 g/mol. The van der Waals surface area contributed by atoms with E-state index in [-0.39, 0.29) is 17.2 Å². The Kier molecular flexibility index (Phi) is 7.24. The molecule has 0 unspecified atom stereocenters. The molecule has 6 heteroatoms. The van der Waals surface area contributed by atoms with Crippen LogP contribution in [0.2, 0.25) is 0 Å². The van der Waals surface area contributed by atoms with Crippen molar-refractivity contribution in [3.05, 3.63) is 34.3 Å². The summed E-state index contributed by atoms with van der Waals surface area (Å²) in [6, 6.07) is 7.21. The van der Waals surface area contributed by atoms with Crippen LogP contribution in [-0.4, -0.2) is 31.4 Å². The van der Waals surface area contributed by atoms with E-state index < -0.39 is 0 Å². The molecule has 1 fully saturated rings. The van der Waals surface area contributed by atoms with Crippen molar-refractivity contribution in [3.8, 4) is 0 Å². The normalized spacial score (nSPS) is 16.4. The second-order valence-corrected chi connectivity index (χ2v) is 7.47. The van der Waals surface area contributed by atoms with E-state index in [0.29, 0.717) is 31.6 Å². The molecule has 1 aromatic carbocycles. The minimum Gasteiger partial charge on any atom is -0.354 e. The number of hydrogen-bond donors (Lipinski definition) is 3. The maximum absolute atomic E-state index is 12.1. The summed E-state index contributed by atoms with van der Waals surface area (Å²) < 4.78 is 0.864. The van der Waals surface area contributed by atoms with Crippen molar-refractivity contribution in [2.45, 2.75) is 38.5 Å². The Morgan fingerprint density at radius 3 is 2.50 bits per heavy atom. The van der Waals surface area contributed by atoms with Crippen LogP contribution < -0.4 is 16.4 Å². The molecule has 1 aromatic rings. The molecule has 0 aromatic heterocycles. The van der Waals surface area contributed by atoms with Crippen LogP contribution in [-0.2, 0) is 4.79 Å². The van der Waals surface area contributed by atoms with Gasteiger partial charge in [0, 0.05) is 29.5 Å². The topological polar surface area (TPSA) is 84.2 Å². The van der Waals surface area contributed by atoms with E-state index in [1.54, 1.807) is 12.1 Å². The molecule has 24 heavy (non-hydrogen) atoms. The summed E-state index contributed by atoms with van der Waals surface area (Å²) in [6.07, 6.45) is 6.13. The van der Waals surface area contributed by atoms with Crippen molar-refractivity contribution in [1.29, 1.82) is 0 Å². The van der Waals surface area contributed by atoms with E-state index in [4.69, 9.17) is 5.73 Å². The van der Waals surface area contributed by atoms with Crippen molar-refractivity contribution >= 4 is 27.7 Å². The highest BCUT2D eigenvalue weighted by Gasteiger charge is 2.32. The van der Waals surface area contributed by atoms with Crippen molar-refractivity contribution < 1.29 is 9.59 Å². The molecule has 0 spiro atoms. The van der Waals surface area contributed by atoms with Gasteiger partial charge in [-0.2, -0.15) is 0 Å². The number of carbonyl (C=O) groups is 2. The van der Waals surface area contributed by atoms with Crippen LogP contribution in [0.1, 0.15) is 48.9 Å². The summed E-state index contributed by atoms with van der Waals surface area (Å²) >= 11 is 3.34. The molecule has 0 radical (unpaired) electrons. The van der Waals surface area contributed by atoms with Gasteiger partial charge in [0.05, 0.1) is 0 Å². The van der Waals surface area contributed by atoms with Gasteiger partial charge in [-0.1, -0.05) is 41.3 Å². The van der Waals surface area contributed by atoms with Gasteiger partial charge < -0.3 is 16.4 Å². The molecule has 4 N–H and O–H groups in total. The Labute approximate surface area is 151 Å². The number of carbonyl (C=O) groups excluding carboxylic acids is 2. The summed E-state index contributed by atoms with van der Waals surface area (Å²) in [5.41, 5.74) is 6.49. The van der Waals surface area contributed by atoms with E-state index in [1.165, 1.54) is 6.42 Å². The lowest BCUT2D eigenvalue weighted by Gasteiger charge is -2.35. The third-order valence-electron chi connectivity index (χ3n) is 4.70. The number of benzene rings is 1. The van der Waals surface area contributed by atoms with Gasteiger partial charge in [-0.25, -0.2) is 0 Å². The smallest absolute Gasteiger partial charge is 0.251 e. The number of amides is 2. The molecule has 1 saturated carbocycles. The molecule has 1 aliphatic carbocycles. The minimum absolute atomic E-state index is 0.0259. The molecule has 0 saturated heterocycles. The first-order valence-electron chi connectivity index (χ1n) is 8.55. The predicted octanol–water partition coefficient (Wildman–Crippen LogP) is 2.59. The first kappa shape index (κ1) is 18.9. The van der Waals surface area contributed by atoms with Gasteiger partial charge in [-0.05, 0) is 43.0 Å². The summed E-state index contributed by atoms with van der Waals surface area (Å²) in [5.74, 6) is -0.115. The molecule has 0 heterocycles. The van der Waals surface area contributed by atoms with Crippen LogP contribution in [0.3, 0.4) is 0 Å². The van der Waals surface area contributed by atoms with E-state index >= 15 is 0 Å². The number of halogens is 1. The highest BCUT2D eigenvalue weighted by atomic mass is 79.9. The summed E-state index contributed by atoms with van der Waals surface area (Å²) in [4.78, 5) is 24.1. The number of hydrogen-bond acceptors (Lipinski definition) is 3. The molecule has 2 amide bonds. The molecule has 0 aliphatic heterocycles. The Balaban J connectivity index is 1.70. The fourth-order valence-electron chi connectivity index (χ4n) is 3.27. The molecular weight excluding hydrogens is 370 g/mol. The van der Waals surface area contributed by atoms with E-state index in [9.17, 15) is 9.59 Å². The van der Waals surface area contributed by atoms with Crippen molar-refractivity contribution in [2.75, 3.05) is 19.6 Å². The lowest BCUT2D eigenvalue weighted by atomic mass is 9.71. The highest BCUT2D eigenvalue weighted by molar-refractivity contribution is 9.10. The lowest BCUT2D eigenvalue weighted by molar-refractivity contribution is -0.123. The standard InChI is InChI=1S/C18H26BrN3O2/c19-15-6-4-5-14(11-15)17(24)22-10-9-21-16(23)12-18(13-20)7-2-1-3-8-18/h4-6,11H,1-3,7-10,12-13,20H2,(H,21,23)(H,22,24). The van der Waals surface area contributed by atoms with Gasteiger partial charge in [-0.15, -0.1) is 0 Å². The molecule has 132 valence electrons. The quantitative estimate of drug-likeness (QED) is 0.620. The van der Waals surface area contributed by atoms with E-state index in [1.807, 2.05) is 12.1 Å². The van der Waals surface area contributed by atoms with E-state index in [2.05, 4.69) is 26.6 Å². The molecule has 2 rings (SSSR count). The first-order valence-corrected chi connectivity index (χ1v) is 9.34. The van der Waals surface area contributed by atoms with Gasteiger partial charge >= 0.3 is 0 Å². The average molecular weight is 396 g/mol. The average Bonchev–Trinajstić information content (AvgIpc) is 2.59. The van der Waals surface area contributed by atoms with Gasteiger partial charge in [0.2, 0.25) is 5.91 Å². The maximum Gasteiger partial charge on any atom is 0.251 e. The number of rotatable bonds is 7. The van der Waals surface area contributed by atoms with Gasteiger partial charge in [0.25, 0.3) is 5.91 Å². The third kappa shape index (κ3) is 5.60. The zero-order valence-electron chi connectivity index (χ0n) is 13.9. The predicted molar refractivity (Wildman–Crippen MR) is 98.7 cm³/mol. The van der Waals surface area contributed by atoms with Gasteiger partial charge in [0.1, 0.15) is 0 Å².